The summed E-state index contributed by atoms with van der Waals surface area (Å²) in [6.45, 7) is 6.90. The minimum Gasteiger partial charge on any atom is -0.366 e. The molecule has 0 spiro atoms. The number of pyridine rings is 2. The molecule has 5 rings (SSSR count). The highest BCUT2D eigenvalue weighted by molar-refractivity contribution is 6.32. The van der Waals surface area contributed by atoms with Crippen LogP contribution < -0.4 is 15.5 Å². The average molecular weight is 503 g/mol. The van der Waals surface area contributed by atoms with Gasteiger partial charge in [0.1, 0.15) is 22.4 Å². The number of fused-ring (bicyclic) bond motifs is 1. The summed E-state index contributed by atoms with van der Waals surface area (Å²) in [4.78, 5) is 24.6. The fourth-order valence-electron chi connectivity index (χ4n) is 4.29. The van der Waals surface area contributed by atoms with Gasteiger partial charge < -0.3 is 20.1 Å². The minimum atomic E-state index is 0.225. The third-order valence-electron chi connectivity index (χ3n) is 6.05. The van der Waals surface area contributed by atoms with Crippen molar-refractivity contribution in [3.8, 4) is 6.07 Å². The molecule has 0 radical (unpaired) electrons. The first-order valence-corrected chi connectivity index (χ1v) is 12.3. The van der Waals surface area contributed by atoms with Crippen molar-refractivity contribution in [3.63, 3.8) is 0 Å². The van der Waals surface area contributed by atoms with Gasteiger partial charge in [-0.1, -0.05) is 25.4 Å². The van der Waals surface area contributed by atoms with Crippen LogP contribution in [-0.2, 0) is 6.54 Å². The molecule has 10 nitrogen and oxygen atoms in total. The van der Waals surface area contributed by atoms with Crippen molar-refractivity contribution in [3.05, 3.63) is 53.7 Å². The first-order valence-electron chi connectivity index (χ1n) is 12.0. The highest BCUT2D eigenvalue weighted by atomic mass is 35.5. The second-order valence-corrected chi connectivity index (χ2v) is 9.70. The first-order chi connectivity index (χ1) is 17.5. The monoisotopic (exact) mass is 502 g/mol. The Morgan fingerprint density at radius 1 is 1.11 bits per heavy atom. The number of nitrogens with zero attached hydrogens (tertiary/aromatic N) is 8. The van der Waals surface area contributed by atoms with Crippen LogP contribution in [0.1, 0.15) is 32.3 Å². The van der Waals surface area contributed by atoms with Crippen LogP contribution in [0.5, 0.6) is 0 Å². The summed E-state index contributed by atoms with van der Waals surface area (Å²) in [7, 11) is 0. The Labute approximate surface area is 214 Å². The van der Waals surface area contributed by atoms with Crippen LogP contribution in [0.4, 0.5) is 23.3 Å². The molecule has 36 heavy (non-hydrogen) atoms. The number of halogens is 1. The van der Waals surface area contributed by atoms with Gasteiger partial charge in [-0.15, -0.1) is 0 Å². The number of imidazole rings is 1. The number of hydrogen-bond donors (Lipinski definition) is 2. The van der Waals surface area contributed by atoms with E-state index in [-0.39, 0.29) is 6.04 Å². The standard InChI is InChI=1S/C25H27ClN10/c1-16(2)14-36-15-31-21-9-19(12-29-24(21)36)33-25-30-13-20(26)23(34-25)32-18-5-7-35(8-6-18)22-4-3-17(10-27)11-28-22/h3-4,9,11-13,15-16,18H,5-8,14H2,1-2H3,(H2,30,32,33,34). The molecule has 1 aliphatic heterocycles. The third-order valence-corrected chi connectivity index (χ3v) is 6.33. The fraction of sp³-hybridized carbons (Fsp3) is 0.360. The highest BCUT2D eigenvalue weighted by Gasteiger charge is 2.21. The van der Waals surface area contributed by atoms with Gasteiger partial charge in [-0.3, -0.25) is 0 Å². The van der Waals surface area contributed by atoms with Gasteiger partial charge in [-0.25, -0.2) is 19.9 Å². The van der Waals surface area contributed by atoms with Gasteiger partial charge in [-0.05, 0) is 37.0 Å². The number of nitrogens with one attached hydrogen (secondary N) is 2. The molecule has 1 fully saturated rings. The number of nitriles is 1. The maximum atomic E-state index is 8.96. The summed E-state index contributed by atoms with van der Waals surface area (Å²) in [6.07, 6.45) is 8.61. The number of hydrogen-bond acceptors (Lipinski definition) is 9. The van der Waals surface area contributed by atoms with Crippen molar-refractivity contribution in [1.82, 2.24) is 29.5 Å². The van der Waals surface area contributed by atoms with Crippen molar-refractivity contribution in [1.29, 1.82) is 5.26 Å². The second-order valence-electron chi connectivity index (χ2n) is 9.30. The lowest BCUT2D eigenvalue weighted by atomic mass is 10.0. The fourth-order valence-corrected chi connectivity index (χ4v) is 4.43. The van der Waals surface area contributed by atoms with Crippen molar-refractivity contribution in [2.24, 2.45) is 5.92 Å². The molecule has 5 heterocycles. The molecular formula is C25H27ClN10. The van der Waals surface area contributed by atoms with Gasteiger partial charge >= 0.3 is 0 Å². The molecule has 0 amide bonds. The van der Waals surface area contributed by atoms with E-state index in [2.05, 4.69) is 64.9 Å². The number of aromatic nitrogens is 6. The number of anilines is 4. The molecule has 0 aromatic carbocycles. The van der Waals surface area contributed by atoms with E-state index in [0.29, 0.717) is 28.3 Å². The topological polar surface area (TPSA) is 120 Å². The minimum absolute atomic E-state index is 0.225. The van der Waals surface area contributed by atoms with E-state index < -0.39 is 0 Å². The number of rotatable bonds is 7. The van der Waals surface area contributed by atoms with Crippen LogP contribution >= 0.6 is 11.6 Å². The molecule has 0 saturated carbocycles. The Balaban J connectivity index is 1.22. The van der Waals surface area contributed by atoms with Gasteiger partial charge in [-0.2, -0.15) is 10.2 Å². The van der Waals surface area contributed by atoms with Crippen LogP contribution in [-0.4, -0.2) is 48.6 Å². The van der Waals surface area contributed by atoms with Gasteiger partial charge in [0.05, 0.1) is 30.0 Å². The lowest BCUT2D eigenvalue weighted by Crippen LogP contribution is -2.39. The molecule has 11 heteroatoms. The van der Waals surface area contributed by atoms with Gasteiger partial charge in [0.15, 0.2) is 11.5 Å². The van der Waals surface area contributed by atoms with Crippen LogP contribution in [0, 0.1) is 17.2 Å². The van der Waals surface area contributed by atoms with Gasteiger partial charge in [0.25, 0.3) is 0 Å². The maximum Gasteiger partial charge on any atom is 0.229 e. The van der Waals surface area contributed by atoms with E-state index in [9.17, 15) is 0 Å². The summed E-state index contributed by atoms with van der Waals surface area (Å²) in [5.41, 5.74) is 3.00. The maximum absolute atomic E-state index is 8.96. The molecule has 1 aliphatic rings. The lowest BCUT2D eigenvalue weighted by Gasteiger charge is -2.33. The van der Waals surface area contributed by atoms with Crippen molar-refractivity contribution >= 4 is 46.0 Å². The Morgan fingerprint density at radius 2 is 1.94 bits per heavy atom. The molecule has 0 bridgehead atoms. The van der Waals surface area contributed by atoms with Crippen molar-refractivity contribution in [2.75, 3.05) is 28.6 Å². The predicted molar refractivity (Wildman–Crippen MR) is 141 cm³/mol. The van der Waals surface area contributed by atoms with Crippen molar-refractivity contribution < 1.29 is 0 Å². The molecule has 0 atom stereocenters. The van der Waals surface area contributed by atoms with Gasteiger partial charge in [0, 0.05) is 31.9 Å². The van der Waals surface area contributed by atoms with Crippen LogP contribution in [0.25, 0.3) is 11.2 Å². The molecule has 1 saturated heterocycles. The average Bonchev–Trinajstić information content (AvgIpc) is 3.28. The predicted octanol–water partition coefficient (Wildman–Crippen LogP) is 4.62. The Kier molecular flexibility index (Phi) is 6.82. The summed E-state index contributed by atoms with van der Waals surface area (Å²) < 4.78 is 2.06. The molecule has 0 unspecified atom stereocenters. The van der Waals surface area contributed by atoms with E-state index in [1.54, 1.807) is 24.7 Å². The largest absolute Gasteiger partial charge is 0.366 e. The van der Waals surface area contributed by atoms with Gasteiger partial charge in [0.2, 0.25) is 5.95 Å². The Bertz CT molecular complexity index is 1380. The van der Waals surface area contributed by atoms with Crippen LogP contribution in [0.2, 0.25) is 5.02 Å². The quantitative estimate of drug-likeness (QED) is 0.372. The smallest absolute Gasteiger partial charge is 0.229 e. The molecule has 2 N–H and O–H groups in total. The molecular weight excluding hydrogens is 476 g/mol. The SMILES string of the molecule is CC(C)Cn1cnc2cc(Nc3ncc(Cl)c(NC4CCN(c5ccc(C#N)cn5)CC4)n3)cnc21. The first kappa shape index (κ1) is 23.8. The summed E-state index contributed by atoms with van der Waals surface area (Å²) >= 11 is 6.41. The van der Waals surface area contributed by atoms with Crippen molar-refractivity contribution in [2.45, 2.75) is 39.3 Å². The van der Waals surface area contributed by atoms with E-state index in [4.69, 9.17) is 16.9 Å². The third kappa shape index (κ3) is 5.31. The van der Waals surface area contributed by atoms with E-state index in [0.717, 1.165) is 55.1 Å². The van der Waals surface area contributed by atoms with Crippen LogP contribution in [0.15, 0.2) is 43.1 Å². The Morgan fingerprint density at radius 3 is 2.67 bits per heavy atom. The van der Waals surface area contributed by atoms with E-state index in [1.807, 2.05) is 18.5 Å². The zero-order chi connectivity index (χ0) is 25.1. The highest BCUT2D eigenvalue weighted by Crippen LogP contribution is 2.26. The van der Waals surface area contributed by atoms with E-state index in [1.165, 1.54) is 0 Å². The zero-order valence-electron chi connectivity index (χ0n) is 20.2. The summed E-state index contributed by atoms with van der Waals surface area (Å²) in [5, 5.41) is 16.1. The molecule has 184 valence electrons. The molecule has 4 aromatic rings. The Hall–Kier alpha value is -3.97. The van der Waals surface area contributed by atoms with E-state index >= 15 is 0 Å². The second kappa shape index (κ2) is 10.3. The van der Waals surface area contributed by atoms with Crippen LogP contribution in [0.3, 0.4) is 0 Å². The lowest BCUT2D eigenvalue weighted by molar-refractivity contribution is 0.522. The summed E-state index contributed by atoms with van der Waals surface area (Å²) in [5.74, 6) is 2.43. The summed E-state index contributed by atoms with van der Waals surface area (Å²) in [6, 6.07) is 7.96. The zero-order valence-corrected chi connectivity index (χ0v) is 20.9. The molecule has 4 aromatic heterocycles. The molecule has 0 aliphatic carbocycles. The normalized spacial score (nSPS) is 14.2. The number of piperidine rings is 1.